The van der Waals surface area contributed by atoms with Gasteiger partial charge >= 0.3 is 0 Å². The van der Waals surface area contributed by atoms with Crippen LogP contribution in [0.5, 0.6) is 0 Å². The molecule has 11 heteroatoms. The van der Waals surface area contributed by atoms with Crippen molar-refractivity contribution in [3.63, 3.8) is 0 Å². The average Bonchev–Trinajstić information content (AvgIpc) is 2.97. The predicted molar refractivity (Wildman–Crippen MR) is 160 cm³/mol. The van der Waals surface area contributed by atoms with Gasteiger partial charge in [-0.25, -0.2) is 8.42 Å². The van der Waals surface area contributed by atoms with Gasteiger partial charge in [-0.15, -0.1) is 0 Å². The van der Waals surface area contributed by atoms with Crippen LogP contribution in [0.4, 0.5) is 0 Å². The van der Waals surface area contributed by atoms with Crippen LogP contribution in [-0.4, -0.2) is 66.8 Å². The highest BCUT2D eigenvalue weighted by Gasteiger charge is 2.34. The number of carbonyl (C=O) groups is 2. The number of rotatable bonds is 5. The minimum atomic E-state index is -3.67. The van der Waals surface area contributed by atoms with Gasteiger partial charge in [0.15, 0.2) is 5.11 Å². The molecule has 3 aromatic carbocycles. The molecule has 8 nitrogen and oxygen atoms in total. The zero-order valence-corrected chi connectivity index (χ0v) is 24.3. The van der Waals surface area contributed by atoms with Gasteiger partial charge in [-0.05, 0) is 85.1 Å². The average molecular weight is 599 g/mol. The van der Waals surface area contributed by atoms with Crippen molar-refractivity contribution in [3.05, 3.63) is 77.3 Å². The highest BCUT2D eigenvalue weighted by Crippen LogP contribution is 2.28. The van der Waals surface area contributed by atoms with Gasteiger partial charge in [0.25, 0.3) is 5.91 Å². The van der Waals surface area contributed by atoms with Crippen molar-refractivity contribution in [3.8, 4) is 0 Å². The third kappa shape index (κ3) is 6.46. The molecule has 0 bridgehead atoms. The Labute approximate surface area is 244 Å². The first-order valence-electron chi connectivity index (χ1n) is 13.4. The maximum atomic E-state index is 13.3. The molecule has 5 rings (SSSR count). The van der Waals surface area contributed by atoms with Crippen LogP contribution in [-0.2, 0) is 14.8 Å². The fourth-order valence-corrected chi connectivity index (χ4v) is 7.28. The number of sulfonamides is 1. The van der Waals surface area contributed by atoms with E-state index < -0.39 is 10.0 Å². The number of amides is 2. The fourth-order valence-electron chi connectivity index (χ4n) is 5.38. The molecule has 2 fully saturated rings. The minimum absolute atomic E-state index is 0.0815. The third-order valence-electron chi connectivity index (χ3n) is 7.64. The standard InChI is InChI=1S/C29H31ClN4O4S2/c30-24-10-6-23-19-26(13-9-22(23)18-24)40(37,38)34-16-14-33(15-17-34)28(36)21-7-11-25(12-8-21)31-29(39)32-27(35)20-4-2-1-3-5-20/h1-6,9-10,13,18-19,21,25H,7-8,11-12,14-17H2,(H2,31,32,35,39). The third-order valence-corrected chi connectivity index (χ3v) is 9.99. The van der Waals surface area contributed by atoms with Crippen molar-refractivity contribution in [1.29, 1.82) is 0 Å². The molecule has 1 heterocycles. The first kappa shape index (κ1) is 28.5. The minimum Gasteiger partial charge on any atom is -0.360 e. The summed E-state index contributed by atoms with van der Waals surface area (Å²) in [6, 6.07) is 19.4. The zero-order chi connectivity index (χ0) is 28.3. The molecular formula is C29H31ClN4O4S2. The predicted octanol–water partition coefficient (Wildman–Crippen LogP) is 4.19. The van der Waals surface area contributed by atoms with Crippen LogP contribution in [0.3, 0.4) is 0 Å². The quantitative estimate of drug-likeness (QED) is 0.428. The van der Waals surface area contributed by atoms with Crippen molar-refractivity contribution in [2.75, 3.05) is 26.2 Å². The second-order valence-corrected chi connectivity index (χ2v) is 13.0. The van der Waals surface area contributed by atoms with Crippen LogP contribution in [0.2, 0.25) is 5.02 Å². The van der Waals surface area contributed by atoms with Gasteiger partial charge in [0.1, 0.15) is 0 Å². The van der Waals surface area contributed by atoms with Crippen LogP contribution < -0.4 is 10.6 Å². The fraction of sp³-hybridized carbons (Fsp3) is 0.345. The Balaban J connectivity index is 1.09. The molecule has 1 aliphatic carbocycles. The topological polar surface area (TPSA) is 98.8 Å². The van der Waals surface area contributed by atoms with E-state index >= 15 is 0 Å². The summed E-state index contributed by atoms with van der Waals surface area (Å²) < 4.78 is 28.1. The monoisotopic (exact) mass is 598 g/mol. The van der Waals surface area contributed by atoms with E-state index in [2.05, 4.69) is 10.6 Å². The SMILES string of the molecule is O=C(NC(=S)NC1CCC(C(=O)N2CCN(S(=O)(=O)c3ccc4cc(Cl)ccc4c3)CC2)CC1)c1ccccc1. The molecule has 3 aromatic rings. The van der Waals surface area contributed by atoms with Crippen molar-refractivity contribution >= 4 is 61.5 Å². The van der Waals surface area contributed by atoms with Crippen molar-refractivity contribution in [2.24, 2.45) is 5.92 Å². The van der Waals surface area contributed by atoms with E-state index in [1.807, 2.05) is 12.1 Å². The summed E-state index contributed by atoms with van der Waals surface area (Å²) in [5.41, 5.74) is 0.538. The molecule has 0 radical (unpaired) electrons. The smallest absolute Gasteiger partial charge is 0.257 e. The number of carbonyl (C=O) groups excluding carboxylic acids is 2. The van der Waals surface area contributed by atoms with Gasteiger partial charge < -0.3 is 10.2 Å². The summed E-state index contributed by atoms with van der Waals surface area (Å²) in [5.74, 6) is -0.271. The lowest BCUT2D eigenvalue weighted by Gasteiger charge is -2.37. The Hall–Kier alpha value is -3.05. The largest absolute Gasteiger partial charge is 0.360 e. The Morgan fingerprint density at radius 2 is 1.50 bits per heavy atom. The number of halogens is 1. The highest BCUT2D eigenvalue weighted by atomic mass is 35.5. The van der Waals surface area contributed by atoms with Crippen LogP contribution in [0.15, 0.2) is 71.6 Å². The van der Waals surface area contributed by atoms with E-state index in [-0.39, 0.29) is 46.9 Å². The lowest BCUT2D eigenvalue weighted by atomic mass is 9.85. The number of thiocarbonyl (C=S) groups is 1. The molecule has 210 valence electrons. The molecule has 0 aromatic heterocycles. The molecule has 40 heavy (non-hydrogen) atoms. The van der Waals surface area contributed by atoms with Crippen molar-refractivity contribution in [2.45, 2.75) is 36.6 Å². The highest BCUT2D eigenvalue weighted by molar-refractivity contribution is 7.89. The van der Waals surface area contributed by atoms with Gasteiger partial charge in [0.05, 0.1) is 4.90 Å². The van der Waals surface area contributed by atoms with Gasteiger partial charge in [-0.2, -0.15) is 4.31 Å². The summed E-state index contributed by atoms with van der Waals surface area (Å²) in [6.45, 7) is 1.27. The second-order valence-electron chi connectivity index (χ2n) is 10.2. The number of benzene rings is 3. The molecule has 0 atom stereocenters. The number of nitrogens with one attached hydrogen (secondary N) is 2. The molecule has 2 amide bonds. The summed E-state index contributed by atoms with van der Waals surface area (Å²) in [7, 11) is -3.67. The molecule has 0 spiro atoms. The molecule has 2 aliphatic rings. The number of piperazine rings is 1. The van der Waals surface area contributed by atoms with Crippen molar-refractivity contribution in [1.82, 2.24) is 19.8 Å². The van der Waals surface area contributed by atoms with E-state index in [1.54, 1.807) is 59.5 Å². The maximum Gasteiger partial charge on any atom is 0.257 e. The number of nitrogens with zero attached hydrogens (tertiary/aromatic N) is 2. The van der Waals surface area contributed by atoms with Crippen LogP contribution in [0, 0.1) is 5.92 Å². The summed E-state index contributed by atoms with van der Waals surface area (Å²) in [4.78, 5) is 27.6. The van der Waals surface area contributed by atoms with Gasteiger partial charge in [0, 0.05) is 48.7 Å². The number of hydrogen-bond donors (Lipinski definition) is 2. The number of fused-ring (bicyclic) bond motifs is 1. The molecule has 1 aliphatic heterocycles. The van der Waals surface area contributed by atoms with Crippen molar-refractivity contribution < 1.29 is 18.0 Å². The summed E-state index contributed by atoms with van der Waals surface area (Å²) in [6.07, 6.45) is 2.95. The van der Waals surface area contributed by atoms with E-state index in [0.717, 1.165) is 23.6 Å². The van der Waals surface area contributed by atoms with E-state index in [9.17, 15) is 18.0 Å². The van der Waals surface area contributed by atoms with E-state index in [4.69, 9.17) is 23.8 Å². The normalized spacial score (nSPS) is 20.2. The Kier molecular flexibility index (Phi) is 8.70. The lowest BCUT2D eigenvalue weighted by molar-refractivity contribution is -0.137. The van der Waals surface area contributed by atoms with E-state index in [1.165, 1.54) is 4.31 Å². The zero-order valence-electron chi connectivity index (χ0n) is 21.9. The van der Waals surface area contributed by atoms with Gasteiger partial charge in [-0.1, -0.05) is 41.9 Å². The summed E-state index contributed by atoms with van der Waals surface area (Å²) in [5, 5.41) is 8.50. The van der Waals surface area contributed by atoms with Crippen LogP contribution >= 0.6 is 23.8 Å². The Morgan fingerprint density at radius 1 is 0.850 bits per heavy atom. The summed E-state index contributed by atoms with van der Waals surface area (Å²) >= 11 is 11.4. The molecule has 0 unspecified atom stereocenters. The van der Waals surface area contributed by atoms with Gasteiger partial charge in [0.2, 0.25) is 15.9 Å². The second kappa shape index (κ2) is 12.2. The van der Waals surface area contributed by atoms with E-state index in [0.29, 0.717) is 36.5 Å². The van der Waals surface area contributed by atoms with Crippen LogP contribution in [0.25, 0.3) is 10.8 Å². The maximum absolute atomic E-state index is 13.3. The first-order valence-corrected chi connectivity index (χ1v) is 15.6. The molecule has 2 N–H and O–H groups in total. The number of hydrogen-bond acceptors (Lipinski definition) is 5. The Bertz CT molecular complexity index is 1520. The van der Waals surface area contributed by atoms with Crippen LogP contribution in [0.1, 0.15) is 36.0 Å². The molecule has 1 saturated heterocycles. The van der Waals surface area contributed by atoms with Gasteiger partial charge in [-0.3, -0.25) is 14.9 Å². The Morgan fingerprint density at radius 3 is 2.20 bits per heavy atom. The molecule has 1 saturated carbocycles. The first-order chi connectivity index (χ1) is 19.2. The lowest BCUT2D eigenvalue weighted by Crippen LogP contribution is -2.52. The molecular weight excluding hydrogens is 568 g/mol.